The third-order valence-electron chi connectivity index (χ3n) is 5.55. The number of hydrogen-bond donors (Lipinski definition) is 2. The highest BCUT2D eigenvalue weighted by molar-refractivity contribution is 5.82. The minimum Gasteiger partial charge on any atom is -0.334 e. The summed E-state index contributed by atoms with van der Waals surface area (Å²) in [6.45, 7) is 2.61. The normalized spacial score (nSPS) is 21.7. The second-order valence-electron chi connectivity index (χ2n) is 7.24. The van der Waals surface area contributed by atoms with Gasteiger partial charge in [-0.3, -0.25) is 9.88 Å². The second kappa shape index (κ2) is 7.40. The van der Waals surface area contributed by atoms with Crippen molar-refractivity contribution in [3.05, 3.63) is 42.1 Å². The van der Waals surface area contributed by atoms with Gasteiger partial charge in [0.2, 0.25) is 0 Å². The number of fused-ring (bicyclic) bond motifs is 1. The Bertz CT molecular complexity index is 736. The van der Waals surface area contributed by atoms with Crippen LogP contribution in [-0.4, -0.2) is 41.1 Å². The lowest BCUT2D eigenvalue weighted by Crippen LogP contribution is -2.43. The molecule has 2 aromatic rings. The topological polar surface area (TPSA) is 57.3 Å². The van der Waals surface area contributed by atoms with Crippen LogP contribution >= 0.6 is 0 Å². The van der Waals surface area contributed by atoms with Gasteiger partial charge in [-0.2, -0.15) is 0 Å². The van der Waals surface area contributed by atoms with Crippen LogP contribution in [0.15, 0.2) is 36.5 Å². The van der Waals surface area contributed by atoms with Crippen LogP contribution in [-0.2, 0) is 6.54 Å². The van der Waals surface area contributed by atoms with Gasteiger partial charge in [0, 0.05) is 43.3 Å². The van der Waals surface area contributed by atoms with Gasteiger partial charge >= 0.3 is 6.03 Å². The first-order chi connectivity index (χ1) is 12.3. The van der Waals surface area contributed by atoms with E-state index in [1.807, 2.05) is 30.3 Å². The zero-order valence-electron chi connectivity index (χ0n) is 14.6. The number of likely N-dealkylation sites (tertiary alicyclic amines) is 1. The van der Waals surface area contributed by atoms with Crippen LogP contribution in [0.5, 0.6) is 0 Å². The van der Waals surface area contributed by atoms with Crippen molar-refractivity contribution in [1.82, 2.24) is 20.5 Å². The molecule has 1 saturated carbocycles. The van der Waals surface area contributed by atoms with Gasteiger partial charge in [0.05, 0.1) is 5.52 Å². The molecule has 2 aliphatic rings. The highest BCUT2D eigenvalue weighted by Gasteiger charge is 2.30. The highest BCUT2D eigenvalue weighted by Crippen LogP contribution is 2.26. The van der Waals surface area contributed by atoms with E-state index in [9.17, 15) is 4.79 Å². The molecule has 2 heterocycles. The van der Waals surface area contributed by atoms with E-state index in [4.69, 9.17) is 0 Å². The number of nitrogens with zero attached hydrogens (tertiary/aromatic N) is 2. The number of rotatable bonds is 4. The zero-order chi connectivity index (χ0) is 17.1. The Morgan fingerprint density at radius 3 is 2.88 bits per heavy atom. The van der Waals surface area contributed by atoms with Crippen molar-refractivity contribution in [2.45, 2.75) is 50.7 Å². The fourth-order valence-electron chi connectivity index (χ4n) is 4.23. The third kappa shape index (κ3) is 3.76. The van der Waals surface area contributed by atoms with Gasteiger partial charge in [0.25, 0.3) is 0 Å². The highest BCUT2D eigenvalue weighted by atomic mass is 16.2. The average molecular weight is 338 g/mol. The molecule has 0 spiro atoms. The molecular formula is C20H26N4O. The van der Waals surface area contributed by atoms with Gasteiger partial charge in [-0.1, -0.05) is 37.1 Å². The van der Waals surface area contributed by atoms with Gasteiger partial charge in [0.15, 0.2) is 0 Å². The second-order valence-corrected chi connectivity index (χ2v) is 7.24. The molecule has 0 radical (unpaired) electrons. The Balaban J connectivity index is 1.29. The molecule has 2 amide bonds. The van der Waals surface area contributed by atoms with Crippen LogP contribution in [0.2, 0.25) is 0 Å². The smallest absolute Gasteiger partial charge is 0.315 e. The Morgan fingerprint density at radius 2 is 2.00 bits per heavy atom. The lowest BCUT2D eigenvalue weighted by Gasteiger charge is -2.23. The van der Waals surface area contributed by atoms with Gasteiger partial charge in [0.1, 0.15) is 0 Å². The Kier molecular flexibility index (Phi) is 4.83. The molecular weight excluding hydrogens is 312 g/mol. The predicted molar refractivity (Wildman–Crippen MR) is 99.3 cm³/mol. The Morgan fingerprint density at radius 1 is 1.16 bits per heavy atom. The van der Waals surface area contributed by atoms with E-state index in [-0.39, 0.29) is 12.1 Å². The quantitative estimate of drug-likeness (QED) is 0.901. The number of hydrogen-bond acceptors (Lipinski definition) is 3. The van der Waals surface area contributed by atoms with Crippen LogP contribution in [0, 0.1) is 0 Å². The molecule has 1 unspecified atom stereocenters. The number of carbonyl (C=O) groups excluding carboxylic acids is 1. The summed E-state index contributed by atoms with van der Waals surface area (Å²) < 4.78 is 0. The van der Waals surface area contributed by atoms with Crippen molar-refractivity contribution < 1.29 is 4.79 Å². The Hall–Kier alpha value is -2.14. The molecule has 4 rings (SSSR count). The number of pyridine rings is 1. The van der Waals surface area contributed by atoms with Crippen molar-refractivity contribution in [3.63, 3.8) is 0 Å². The van der Waals surface area contributed by atoms with Crippen LogP contribution in [0.25, 0.3) is 10.9 Å². The van der Waals surface area contributed by atoms with Crippen molar-refractivity contribution in [2.24, 2.45) is 0 Å². The number of benzene rings is 1. The molecule has 0 bridgehead atoms. The molecule has 5 heteroatoms. The van der Waals surface area contributed by atoms with Crippen LogP contribution < -0.4 is 10.6 Å². The number of para-hydroxylation sites is 1. The predicted octanol–water partition coefficient (Wildman–Crippen LogP) is 3.05. The molecule has 25 heavy (non-hydrogen) atoms. The molecule has 1 aromatic carbocycles. The van der Waals surface area contributed by atoms with Gasteiger partial charge < -0.3 is 10.6 Å². The lowest BCUT2D eigenvalue weighted by molar-refractivity contribution is 0.227. The molecule has 1 aliphatic carbocycles. The van der Waals surface area contributed by atoms with Crippen LogP contribution in [0.3, 0.4) is 0 Å². The molecule has 132 valence electrons. The van der Waals surface area contributed by atoms with Gasteiger partial charge in [-0.15, -0.1) is 0 Å². The average Bonchev–Trinajstić information content (AvgIpc) is 3.31. The van der Waals surface area contributed by atoms with E-state index < -0.39 is 0 Å². The summed E-state index contributed by atoms with van der Waals surface area (Å²) in [6.07, 6.45) is 8.22. The van der Waals surface area contributed by atoms with E-state index in [0.29, 0.717) is 6.54 Å². The number of amides is 2. The van der Waals surface area contributed by atoms with E-state index in [1.54, 1.807) is 6.20 Å². The zero-order valence-corrected chi connectivity index (χ0v) is 14.6. The van der Waals surface area contributed by atoms with Gasteiger partial charge in [-0.25, -0.2) is 4.79 Å². The summed E-state index contributed by atoms with van der Waals surface area (Å²) in [5.41, 5.74) is 2.01. The third-order valence-corrected chi connectivity index (χ3v) is 5.55. The molecule has 1 atom stereocenters. The van der Waals surface area contributed by atoms with Gasteiger partial charge in [-0.05, 0) is 30.9 Å². The molecule has 2 N–H and O–H groups in total. The summed E-state index contributed by atoms with van der Waals surface area (Å²) in [5, 5.41) is 7.23. The van der Waals surface area contributed by atoms with Crippen LogP contribution in [0.4, 0.5) is 4.79 Å². The first-order valence-electron chi connectivity index (χ1n) is 9.40. The summed E-state index contributed by atoms with van der Waals surface area (Å²) in [6, 6.07) is 11.0. The van der Waals surface area contributed by atoms with E-state index >= 15 is 0 Å². The molecule has 2 fully saturated rings. The fourth-order valence-corrected chi connectivity index (χ4v) is 4.23. The maximum Gasteiger partial charge on any atom is 0.315 e. The molecule has 1 saturated heterocycles. The number of urea groups is 1. The summed E-state index contributed by atoms with van der Waals surface area (Å²) in [5.74, 6) is 0. The number of aromatic nitrogens is 1. The molecule has 1 aromatic heterocycles. The number of carbonyl (C=O) groups is 1. The lowest BCUT2D eigenvalue weighted by atomic mass is 10.1. The minimum absolute atomic E-state index is 0.0776. The maximum absolute atomic E-state index is 12.3. The van der Waals surface area contributed by atoms with E-state index in [1.165, 1.54) is 25.7 Å². The SMILES string of the molecule is O=C(NCc1cccc2cccnc12)NC1CCN(C2CCCC2)C1. The van der Waals surface area contributed by atoms with E-state index in [2.05, 4.69) is 20.5 Å². The van der Waals surface area contributed by atoms with Crippen molar-refractivity contribution >= 4 is 16.9 Å². The van der Waals surface area contributed by atoms with Crippen molar-refractivity contribution in [2.75, 3.05) is 13.1 Å². The van der Waals surface area contributed by atoms with E-state index in [0.717, 1.165) is 42.0 Å². The van der Waals surface area contributed by atoms with Crippen LogP contribution in [0.1, 0.15) is 37.7 Å². The first kappa shape index (κ1) is 16.3. The maximum atomic E-state index is 12.3. The standard InChI is InChI=1S/C20H26N4O/c25-20(23-17-10-12-24(14-17)18-8-1-2-9-18)22-13-16-6-3-5-15-7-4-11-21-19(15)16/h3-7,11,17-18H,1-2,8-10,12-14H2,(H2,22,23,25). The monoisotopic (exact) mass is 338 g/mol. The summed E-state index contributed by atoms with van der Waals surface area (Å²) in [7, 11) is 0. The summed E-state index contributed by atoms with van der Waals surface area (Å²) >= 11 is 0. The van der Waals surface area contributed by atoms with Crippen molar-refractivity contribution in [1.29, 1.82) is 0 Å². The fraction of sp³-hybridized carbons (Fsp3) is 0.500. The molecule has 5 nitrogen and oxygen atoms in total. The minimum atomic E-state index is -0.0776. The summed E-state index contributed by atoms with van der Waals surface area (Å²) in [4.78, 5) is 19.3. The molecule has 1 aliphatic heterocycles. The van der Waals surface area contributed by atoms with Crippen molar-refractivity contribution in [3.8, 4) is 0 Å². The Labute approximate surface area is 148 Å². The largest absolute Gasteiger partial charge is 0.334 e. The number of nitrogens with one attached hydrogen (secondary N) is 2. The first-order valence-corrected chi connectivity index (χ1v) is 9.40.